The highest BCUT2D eigenvalue weighted by Gasteiger charge is 2.25. The molecule has 0 bridgehead atoms. The predicted molar refractivity (Wildman–Crippen MR) is 128 cm³/mol. The van der Waals surface area contributed by atoms with Crippen LogP contribution in [0.1, 0.15) is 56.8 Å². The molecule has 1 fully saturated rings. The molecule has 3 aromatic rings. The van der Waals surface area contributed by atoms with E-state index in [9.17, 15) is 0 Å². The molecular weight excluding hydrogens is 402 g/mol. The first kappa shape index (κ1) is 22.7. The number of rotatable bonds is 9. The Morgan fingerprint density at radius 2 is 1.97 bits per heavy atom. The minimum Gasteiger partial charge on any atom is -0.378 e. The molecule has 1 aliphatic carbocycles. The van der Waals surface area contributed by atoms with Crippen LogP contribution >= 0.6 is 0 Å². The zero-order chi connectivity index (χ0) is 22.5. The van der Waals surface area contributed by atoms with Gasteiger partial charge in [-0.2, -0.15) is 4.98 Å². The summed E-state index contributed by atoms with van der Waals surface area (Å²) in [5.41, 5.74) is 2.91. The first-order chi connectivity index (χ1) is 15.6. The topological polar surface area (TPSA) is 85.1 Å². The van der Waals surface area contributed by atoms with Crippen molar-refractivity contribution in [2.45, 2.75) is 77.5 Å². The van der Waals surface area contributed by atoms with E-state index in [1.807, 2.05) is 13.0 Å². The van der Waals surface area contributed by atoms with Gasteiger partial charge < -0.3 is 19.9 Å². The fourth-order valence-corrected chi connectivity index (χ4v) is 4.70. The standard InChI is InChI=1S/C25H35N5O2/c1-5-21(28-19-12-7-6-8-13-19)22(31-4)15-26-24-20(25-27-17(3)30-32-25)14-18-11-9-10-16(2)23(18)29-24/h9-11,14,19,21-22,28H,5-8,12-13,15H2,1-4H3,(H,26,29). The van der Waals surface area contributed by atoms with Crippen molar-refractivity contribution in [2.24, 2.45) is 0 Å². The fraction of sp³-hybridized carbons (Fsp3) is 0.560. The van der Waals surface area contributed by atoms with E-state index in [2.05, 4.69) is 52.8 Å². The molecule has 1 saturated carbocycles. The molecule has 0 radical (unpaired) electrons. The Kier molecular flexibility index (Phi) is 7.37. The van der Waals surface area contributed by atoms with Crippen LogP contribution in [0.15, 0.2) is 28.8 Å². The second-order valence-electron chi connectivity index (χ2n) is 8.85. The van der Waals surface area contributed by atoms with E-state index >= 15 is 0 Å². The highest BCUT2D eigenvalue weighted by molar-refractivity contribution is 5.89. The number of nitrogens with one attached hydrogen (secondary N) is 2. The predicted octanol–water partition coefficient (Wildman–Crippen LogP) is 5.03. The number of benzene rings is 1. The Morgan fingerprint density at radius 3 is 2.66 bits per heavy atom. The third-order valence-corrected chi connectivity index (χ3v) is 6.52. The first-order valence-electron chi connectivity index (χ1n) is 11.8. The lowest BCUT2D eigenvalue weighted by Crippen LogP contribution is -2.49. The van der Waals surface area contributed by atoms with Crippen molar-refractivity contribution in [2.75, 3.05) is 19.0 Å². The van der Waals surface area contributed by atoms with Gasteiger partial charge in [-0.1, -0.05) is 49.5 Å². The SMILES string of the molecule is CCC(NC1CCCCC1)C(CNc1nc2c(C)cccc2cc1-c1nc(C)no1)OC. The van der Waals surface area contributed by atoms with Crippen molar-refractivity contribution in [3.63, 3.8) is 0 Å². The van der Waals surface area contributed by atoms with Gasteiger partial charge in [-0.25, -0.2) is 4.98 Å². The number of aryl methyl sites for hydroxylation is 2. The number of methoxy groups -OCH3 is 1. The summed E-state index contributed by atoms with van der Waals surface area (Å²) in [7, 11) is 1.79. The molecule has 0 aliphatic heterocycles. The van der Waals surface area contributed by atoms with Gasteiger partial charge in [0.05, 0.1) is 17.2 Å². The molecule has 2 unspecified atom stereocenters. The Bertz CT molecular complexity index is 1030. The molecule has 2 heterocycles. The monoisotopic (exact) mass is 437 g/mol. The molecule has 1 aliphatic rings. The fourth-order valence-electron chi connectivity index (χ4n) is 4.70. The lowest BCUT2D eigenvalue weighted by atomic mass is 9.94. The molecular formula is C25H35N5O2. The lowest BCUT2D eigenvalue weighted by Gasteiger charge is -2.32. The van der Waals surface area contributed by atoms with Gasteiger partial charge in [0.2, 0.25) is 0 Å². The molecule has 0 saturated heterocycles. The molecule has 2 aromatic heterocycles. The molecule has 4 rings (SSSR count). The molecule has 2 N–H and O–H groups in total. The molecule has 1 aromatic carbocycles. The second kappa shape index (κ2) is 10.4. The van der Waals surface area contributed by atoms with Crippen LogP contribution in [-0.4, -0.2) is 47.0 Å². The van der Waals surface area contributed by atoms with Crippen LogP contribution in [0.2, 0.25) is 0 Å². The first-order valence-corrected chi connectivity index (χ1v) is 11.8. The van der Waals surface area contributed by atoms with Gasteiger partial charge in [-0.05, 0) is 44.7 Å². The molecule has 2 atom stereocenters. The summed E-state index contributed by atoms with van der Waals surface area (Å²) in [6.07, 6.45) is 7.54. The van der Waals surface area contributed by atoms with Gasteiger partial charge in [-0.3, -0.25) is 0 Å². The number of pyridine rings is 1. The number of nitrogens with zero attached hydrogens (tertiary/aromatic N) is 3. The normalized spacial score (nSPS) is 16.9. The van der Waals surface area contributed by atoms with Crippen molar-refractivity contribution in [3.05, 3.63) is 35.7 Å². The van der Waals surface area contributed by atoms with Gasteiger partial charge in [0.25, 0.3) is 5.89 Å². The van der Waals surface area contributed by atoms with Crippen molar-refractivity contribution in [1.82, 2.24) is 20.4 Å². The van der Waals surface area contributed by atoms with Crippen LogP contribution in [0.5, 0.6) is 0 Å². The summed E-state index contributed by atoms with van der Waals surface area (Å²) in [5.74, 6) is 1.82. The van der Waals surface area contributed by atoms with Crippen LogP contribution in [0.25, 0.3) is 22.4 Å². The van der Waals surface area contributed by atoms with Crippen molar-refractivity contribution < 1.29 is 9.26 Å². The average molecular weight is 438 g/mol. The third kappa shape index (κ3) is 5.10. The summed E-state index contributed by atoms with van der Waals surface area (Å²) in [4.78, 5) is 9.40. The van der Waals surface area contributed by atoms with E-state index in [4.69, 9.17) is 14.2 Å². The number of para-hydroxylation sites is 1. The second-order valence-corrected chi connectivity index (χ2v) is 8.85. The molecule has 0 spiro atoms. The largest absolute Gasteiger partial charge is 0.378 e. The average Bonchev–Trinajstić information content (AvgIpc) is 3.25. The number of aromatic nitrogens is 3. The van der Waals surface area contributed by atoms with E-state index < -0.39 is 0 Å². The minimum atomic E-state index is 0.0218. The number of fused-ring (bicyclic) bond motifs is 1. The van der Waals surface area contributed by atoms with Crippen molar-refractivity contribution in [3.8, 4) is 11.5 Å². The summed E-state index contributed by atoms with van der Waals surface area (Å²) >= 11 is 0. The number of anilines is 1. The number of hydrogen-bond donors (Lipinski definition) is 2. The van der Waals surface area contributed by atoms with Crippen LogP contribution in [0.3, 0.4) is 0 Å². The van der Waals surface area contributed by atoms with Gasteiger partial charge in [0, 0.05) is 31.1 Å². The molecule has 32 heavy (non-hydrogen) atoms. The maximum Gasteiger partial charge on any atom is 0.261 e. The summed E-state index contributed by atoms with van der Waals surface area (Å²) < 4.78 is 11.4. The molecule has 7 nitrogen and oxygen atoms in total. The number of ether oxygens (including phenoxy) is 1. The molecule has 0 amide bonds. The number of hydrogen-bond acceptors (Lipinski definition) is 7. The van der Waals surface area contributed by atoms with E-state index in [1.165, 1.54) is 32.1 Å². The van der Waals surface area contributed by atoms with Gasteiger partial charge in [0.1, 0.15) is 5.82 Å². The van der Waals surface area contributed by atoms with E-state index in [0.717, 1.165) is 34.3 Å². The van der Waals surface area contributed by atoms with E-state index in [1.54, 1.807) is 7.11 Å². The van der Waals surface area contributed by atoms with Crippen LogP contribution in [0, 0.1) is 13.8 Å². The maximum absolute atomic E-state index is 5.92. The van der Waals surface area contributed by atoms with Crippen LogP contribution < -0.4 is 10.6 Å². The zero-order valence-corrected chi connectivity index (χ0v) is 19.6. The Hall–Kier alpha value is -2.51. The highest BCUT2D eigenvalue weighted by Crippen LogP contribution is 2.30. The van der Waals surface area contributed by atoms with E-state index in [0.29, 0.717) is 24.3 Å². The Morgan fingerprint density at radius 1 is 1.16 bits per heavy atom. The Balaban J connectivity index is 1.58. The molecule has 7 heteroatoms. The van der Waals surface area contributed by atoms with Crippen LogP contribution in [0.4, 0.5) is 5.82 Å². The summed E-state index contributed by atoms with van der Waals surface area (Å²) in [6.45, 7) is 6.76. The van der Waals surface area contributed by atoms with E-state index in [-0.39, 0.29) is 12.1 Å². The quantitative estimate of drug-likeness (QED) is 0.486. The van der Waals surface area contributed by atoms with Crippen molar-refractivity contribution >= 4 is 16.7 Å². The van der Waals surface area contributed by atoms with Crippen LogP contribution in [-0.2, 0) is 4.74 Å². The smallest absolute Gasteiger partial charge is 0.261 e. The van der Waals surface area contributed by atoms with Crippen molar-refractivity contribution in [1.29, 1.82) is 0 Å². The molecule has 172 valence electrons. The lowest BCUT2D eigenvalue weighted by molar-refractivity contribution is 0.0699. The zero-order valence-electron chi connectivity index (χ0n) is 19.6. The Labute approximate surface area is 190 Å². The maximum atomic E-state index is 5.92. The third-order valence-electron chi connectivity index (χ3n) is 6.52. The summed E-state index contributed by atoms with van der Waals surface area (Å²) in [6, 6.07) is 9.12. The highest BCUT2D eigenvalue weighted by atomic mass is 16.5. The van der Waals surface area contributed by atoms with Gasteiger partial charge >= 0.3 is 0 Å². The van der Waals surface area contributed by atoms with Gasteiger partial charge in [-0.15, -0.1) is 0 Å². The van der Waals surface area contributed by atoms with Gasteiger partial charge in [0.15, 0.2) is 5.82 Å². The minimum absolute atomic E-state index is 0.0218. The summed E-state index contributed by atoms with van der Waals surface area (Å²) in [5, 5.41) is 12.4.